The van der Waals surface area contributed by atoms with Crippen LogP contribution in [0.1, 0.15) is 60.0 Å². The Labute approximate surface area is 200 Å². The van der Waals surface area contributed by atoms with E-state index < -0.39 is 5.97 Å². The van der Waals surface area contributed by atoms with E-state index in [4.69, 9.17) is 9.47 Å². The Morgan fingerprint density at radius 2 is 1.61 bits per heavy atom. The van der Waals surface area contributed by atoms with Crippen LogP contribution in [-0.2, 0) is 16.1 Å². The van der Waals surface area contributed by atoms with Gasteiger partial charge in [0.2, 0.25) is 0 Å². The third kappa shape index (κ3) is 7.35. The minimum absolute atomic E-state index is 0.196. The maximum atomic E-state index is 12.3. The highest BCUT2D eigenvalue weighted by Crippen LogP contribution is 2.35. The van der Waals surface area contributed by atoms with Gasteiger partial charge in [0.1, 0.15) is 12.4 Å². The Balaban J connectivity index is 1.47. The average molecular weight is 553 g/mol. The van der Waals surface area contributed by atoms with Gasteiger partial charge in [0.05, 0.1) is 14.5 Å². The van der Waals surface area contributed by atoms with Gasteiger partial charge in [-0.3, -0.25) is 4.79 Å². The second-order valence-corrected chi connectivity index (χ2v) is 9.58. The first-order valence-electron chi connectivity index (χ1n) is 10.6. The van der Waals surface area contributed by atoms with E-state index >= 15 is 0 Å². The first-order valence-corrected chi connectivity index (χ1v) is 12.1. The van der Waals surface area contributed by atoms with Crippen molar-refractivity contribution in [1.82, 2.24) is 5.32 Å². The van der Waals surface area contributed by atoms with Gasteiger partial charge in [-0.05, 0) is 87.0 Å². The normalized spacial score (nSPS) is 14.5. The number of hydrogen-bond acceptors (Lipinski definition) is 4. The third-order valence-corrected chi connectivity index (χ3v) is 6.45. The van der Waals surface area contributed by atoms with Crippen LogP contribution in [0.2, 0.25) is 0 Å². The molecule has 1 saturated carbocycles. The summed E-state index contributed by atoms with van der Waals surface area (Å²) >= 11 is 7.03. The molecule has 2 aromatic carbocycles. The summed E-state index contributed by atoms with van der Waals surface area (Å²) in [6.07, 6.45) is 6.72. The molecule has 5 nitrogen and oxygen atoms in total. The molecule has 0 aliphatic heterocycles. The molecule has 1 aliphatic carbocycles. The van der Waals surface area contributed by atoms with Crippen molar-refractivity contribution in [3.63, 3.8) is 0 Å². The Morgan fingerprint density at radius 3 is 2.23 bits per heavy atom. The summed E-state index contributed by atoms with van der Waals surface area (Å²) in [6.45, 7) is 2.12. The lowest BCUT2D eigenvalue weighted by Gasteiger charge is -2.16. The summed E-state index contributed by atoms with van der Waals surface area (Å²) in [7, 11) is 0. The maximum Gasteiger partial charge on any atom is 0.338 e. The lowest BCUT2D eigenvalue weighted by Crippen LogP contribution is -2.37. The fourth-order valence-corrected chi connectivity index (χ4v) is 5.27. The molecule has 7 heteroatoms. The van der Waals surface area contributed by atoms with Crippen molar-refractivity contribution < 1.29 is 19.1 Å². The van der Waals surface area contributed by atoms with E-state index in [0.29, 0.717) is 12.2 Å². The second-order valence-electron chi connectivity index (χ2n) is 7.88. The summed E-state index contributed by atoms with van der Waals surface area (Å²) in [6, 6.07) is 11.2. The monoisotopic (exact) mass is 551 g/mol. The molecular formula is C24H27Br2NO4. The van der Waals surface area contributed by atoms with Gasteiger partial charge in [0.25, 0.3) is 5.91 Å². The minimum atomic E-state index is -0.507. The van der Waals surface area contributed by atoms with E-state index in [2.05, 4.69) is 37.2 Å². The molecule has 2 aromatic rings. The molecule has 0 aromatic heterocycles. The van der Waals surface area contributed by atoms with Crippen LogP contribution in [0.15, 0.2) is 45.3 Å². The van der Waals surface area contributed by atoms with Gasteiger partial charge in [-0.15, -0.1) is 0 Å². The third-order valence-electron chi connectivity index (χ3n) is 5.27. The standard InChI is InChI=1S/C24H27Br2NO4/c1-16-12-20(25)23(21(26)13-16)30-14-17-8-10-18(11-9-17)24(29)31-15-22(28)27-19-6-4-2-3-5-7-19/h8-13,19H,2-7,14-15H2,1H3,(H,27,28). The van der Waals surface area contributed by atoms with E-state index in [1.807, 2.05) is 31.2 Å². The lowest BCUT2D eigenvalue weighted by atomic mass is 10.1. The molecule has 1 amide bonds. The highest BCUT2D eigenvalue weighted by Gasteiger charge is 2.16. The van der Waals surface area contributed by atoms with Gasteiger partial charge in [0, 0.05) is 6.04 Å². The number of carbonyl (C=O) groups is 2. The van der Waals surface area contributed by atoms with E-state index in [9.17, 15) is 9.59 Å². The molecule has 3 rings (SSSR count). The molecule has 0 radical (unpaired) electrons. The number of aryl methyl sites for hydroxylation is 1. The van der Waals surface area contributed by atoms with E-state index in [0.717, 1.165) is 51.5 Å². The molecule has 0 spiro atoms. The van der Waals surface area contributed by atoms with Crippen LogP contribution in [0.3, 0.4) is 0 Å². The molecule has 1 fully saturated rings. The number of carbonyl (C=O) groups excluding carboxylic acids is 2. The van der Waals surface area contributed by atoms with Crippen molar-refractivity contribution in [3.05, 3.63) is 62.0 Å². The van der Waals surface area contributed by atoms with Gasteiger partial charge in [-0.1, -0.05) is 37.8 Å². The average Bonchev–Trinajstić information content (AvgIpc) is 3.00. The molecule has 0 saturated heterocycles. The SMILES string of the molecule is Cc1cc(Br)c(OCc2ccc(C(=O)OCC(=O)NC3CCCCCC3)cc2)c(Br)c1. The predicted molar refractivity (Wildman–Crippen MR) is 127 cm³/mol. The zero-order chi connectivity index (χ0) is 22.2. The smallest absolute Gasteiger partial charge is 0.338 e. The Morgan fingerprint density at radius 1 is 1.00 bits per heavy atom. The minimum Gasteiger partial charge on any atom is -0.487 e. The van der Waals surface area contributed by atoms with Gasteiger partial charge in [-0.25, -0.2) is 4.79 Å². The summed E-state index contributed by atoms with van der Waals surface area (Å²) < 4.78 is 12.8. The number of esters is 1. The Hall–Kier alpha value is -1.86. The quantitative estimate of drug-likeness (QED) is 0.333. The number of halogens is 2. The van der Waals surface area contributed by atoms with Crippen molar-refractivity contribution in [2.45, 2.75) is 58.1 Å². The number of benzene rings is 2. The number of rotatable bonds is 7. The van der Waals surface area contributed by atoms with Crippen LogP contribution >= 0.6 is 31.9 Å². The zero-order valence-electron chi connectivity index (χ0n) is 17.6. The van der Waals surface area contributed by atoms with Crippen LogP contribution < -0.4 is 10.1 Å². The van der Waals surface area contributed by atoms with Crippen LogP contribution in [-0.4, -0.2) is 24.5 Å². The molecule has 1 N–H and O–H groups in total. The van der Waals surface area contributed by atoms with E-state index in [1.165, 1.54) is 12.8 Å². The van der Waals surface area contributed by atoms with Crippen LogP contribution in [0.5, 0.6) is 5.75 Å². The number of amides is 1. The highest BCUT2D eigenvalue weighted by atomic mass is 79.9. The first-order chi connectivity index (χ1) is 14.9. The van der Waals surface area contributed by atoms with Gasteiger partial charge >= 0.3 is 5.97 Å². The topological polar surface area (TPSA) is 64.6 Å². The van der Waals surface area contributed by atoms with E-state index in [1.54, 1.807) is 12.1 Å². The number of ether oxygens (including phenoxy) is 2. The summed E-state index contributed by atoms with van der Waals surface area (Å²) in [4.78, 5) is 24.4. The van der Waals surface area contributed by atoms with Crippen molar-refractivity contribution in [3.8, 4) is 5.75 Å². The zero-order valence-corrected chi connectivity index (χ0v) is 20.8. The van der Waals surface area contributed by atoms with Gasteiger partial charge in [0.15, 0.2) is 6.61 Å². The van der Waals surface area contributed by atoms with Crippen molar-refractivity contribution in [2.24, 2.45) is 0 Å². The largest absolute Gasteiger partial charge is 0.487 e. The van der Waals surface area contributed by atoms with Gasteiger partial charge in [-0.2, -0.15) is 0 Å². The van der Waals surface area contributed by atoms with Crippen LogP contribution in [0.4, 0.5) is 0 Å². The molecule has 0 unspecified atom stereocenters. The number of hydrogen-bond donors (Lipinski definition) is 1. The van der Waals surface area contributed by atoms with Crippen molar-refractivity contribution >= 4 is 43.7 Å². The molecule has 0 heterocycles. The summed E-state index contributed by atoms with van der Waals surface area (Å²) in [5, 5.41) is 2.98. The summed E-state index contributed by atoms with van der Waals surface area (Å²) in [5.74, 6) is -0.0132. The lowest BCUT2D eigenvalue weighted by molar-refractivity contribution is -0.125. The highest BCUT2D eigenvalue weighted by molar-refractivity contribution is 9.11. The van der Waals surface area contributed by atoms with Crippen molar-refractivity contribution in [1.29, 1.82) is 0 Å². The fraction of sp³-hybridized carbons (Fsp3) is 0.417. The Kier molecular flexibility index (Phi) is 8.96. The fourth-order valence-electron chi connectivity index (χ4n) is 3.62. The molecule has 0 bridgehead atoms. The van der Waals surface area contributed by atoms with Crippen LogP contribution in [0.25, 0.3) is 0 Å². The van der Waals surface area contributed by atoms with Crippen molar-refractivity contribution in [2.75, 3.05) is 6.61 Å². The number of nitrogens with one attached hydrogen (secondary N) is 1. The molecule has 31 heavy (non-hydrogen) atoms. The van der Waals surface area contributed by atoms with E-state index in [-0.39, 0.29) is 18.6 Å². The Bertz CT molecular complexity index is 883. The molecule has 1 aliphatic rings. The molecule has 166 valence electrons. The summed E-state index contributed by atoms with van der Waals surface area (Å²) in [5.41, 5.74) is 2.45. The van der Waals surface area contributed by atoms with Crippen LogP contribution in [0, 0.1) is 6.92 Å². The first kappa shape index (κ1) is 23.8. The predicted octanol–water partition coefficient (Wildman–Crippen LogP) is 6.09. The molecule has 0 atom stereocenters. The molecular weight excluding hydrogens is 526 g/mol. The van der Waals surface area contributed by atoms with Gasteiger partial charge < -0.3 is 14.8 Å². The maximum absolute atomic E-state index is 12.3. The second kappa shape index (κ2) is 11.7.